The van der Waals surface area contributed by atoms with Crippen LogP contribution in [-0.4, -0.2) is 19.7 Å². The van der Waals surface area contributed by atoms with E-state index in [1.165, 1.54) is 24.3 Å². The van der Waals surface area contributed by atoms with Crippen LogP contribution >= 0.6 is 0 Å². The maximum absolute atomic E-state index is 14.0. The second-order valence-corrected chi connectivity index (χ2v) is 6.07. The minimum Gasteiger partial charge on any atom is -0.314 e. The summed E-state index contributed by atoms with van der Waals surface area (Å²) < 4.78 is 54.8. The maximum Gasteiger partial charge on any atom is 0.416 e. The van der Waals surface area contributed by atoms with Gasteiger partial charge in [-0.15, -0.1) is 10.2 Å². The molecule has 28 heavy (non-hydrogen) atoms. The molecule has 3 aromatic rings. The number of halogens is 4. The Morgan fingerprint density at radius 3 is 2.36 bits per heavy atom. The molecule has 0 aliphatic heterocycles. The highest BCUT2D eigenvalue weighted by Gasteiger charge is 2.34. The average Bonchev–Trinajstić information content (AvgIpc) is 3.00. The number of rotatable bonds is 5. The molecule has 0 amide bonds. The van der Waals surface area contributed by atoms with Gasteiger partial charge in [0, 0.05) is 36.7 Å². The van der Waals surface area contributed by atoms with E-state index < -0.39 is 28.0 Å². The van der Waals surface area contributed by atoms with Crippen LogP contribution in [0.2, 0.25) is 0 Å². The molecule has 0 aliphatic carbocycles. The normalized spacial score (nSPS) is 11.6. The molecule has 0 spiro atoms. The number of hydrogen-bond donors (Lipinski definition) is 0. The summed E-state index contributed by atoms with van der Waals surface area (Å²) in [6.07, 6.45) is -4.81. The average molecular weight is 394 g/mol. The first-order chi connectivity index (χ1) is 13.2. The molecule has 1 aromatic heterocycles. The van der Waals surface area contributed by atoms with E-state index in [0.717, 1.165) is 18.2 Å². The van der Waals surface area contributed by atoms with E-state index in [0.29, 0.717) is 17.2 Å². The monoisotopic (exact) mass is 394 g/mol. The van der Waals surface area contributed by atoms with Crippen molar-refractivity contribution in [2.24, 2.45) is 7.05 Å². The maximum atomic E-state index is 14.0. The molecule has 0 saturated carbocycles. The van der Waals surface area contributed by atoms with Crippen LogP contribution in [0.1, 0.15) is 17.0 Å². The number of nitro groups is 1. The number of aryl methyl sites for hydroxylation is 1. The van der Waals surface area contributed by atoms with Gasteiger partial charge < -0.3 is 4.57 Å². The highest BCUT2D eigenvalue weighted by atomic mass is 19.4. The fourth-order valence-corrected chi connectivity index (χ4v) is 2.88. The van der Waals surface area contributed by atoms with Crippen molar-refractivity contribution >= 4 is 5.69 Å². The molecule has 1 heterocycles. The minimum atomic E-state index is -4.65. The Hall–Kier alpha value is -3.30. The first-order valence-corrected chi connectivity index (χ1v) is 8.16. The summed E-state index contributed by atoms with van der Waals surface area (Å²) in [5.74, 6) is -0.160. The van der Waals surface area contributed by atoms with Gasteiger partial charge in [0.05, 0.1) is 10.5 Å². The lowest BCUT2D eigenvalue weighted by molar-refractivity contribution is -0.384. The second-order valence-electron chi connectivity index (χ2n) is 6.07. The second kappa shape index (κ2) is 7.37. The Kier molecular flexibility index (Phi) is 5.12. The standard InChI is InChI=1S/C18H14F4N4O2/c1-25-16(10-9-13-14(18(20,21)22)3-2-4-15(13)19)23-24-17(25)11-5-7-12(8-6-11)26(27)28/h2-8H,9-10H2,1H3. The number of aromatic nitrogens is 3. The number of alkyl halides is 3. The van der Waals surface area contributed by atoms with Gasteiger partial charge in [-0.05, 0) is 30.7 Å². The number of nitrogens with zero attached hydrogens (tertiary/aromatic N) is 4. The Balaban J connectivity index is 1.84. The molecule has 10 heteroatoms. The smallest absolute Gasteiger partial charge is 0.314 e. The van der Waals surface area contributed by atoms with Crippen LogP contribution < -0.4 is 0 Å². The Labute approximate surface area is 156 Å². The summed E-state index contributed by atoms with van der Waals surface area (Å²) in [4.78, 5) is 10.2. The van der Waals surface area contributed by atoms with Gasteiger partial charge in [-0.1, -0.05) is 6.07 Å². The molecule has 146 valence electrons. The first-order valence-electron chi connectivity index (χ1n) is 8.16. The van der Waals surface area contributed by atoms with Gasteiger partial charge in [0.15, 0.2) is 5.82 Å². The highest BCUT2D eigenvalue weighted by Crippen LogP contribution is 2.33. The number of benzene rings is 2. The fraction of sp³-hybridized carbons (Fsp3) is 0.222. The quantitative estimate of drug-likeness (QED) is 0.367. The molecule has 6 nitrogen and oxygen atoms in total. The van der Waals surface area contributed by atoms with Crippen LogP contribution in [0.15, 0.2) is 42.5 Å². The summed E-state index contributed by atoms with van der Waals surface area (Å²) in [6, 6.07) is 8.50. The Morgan fingerprint density at radius 2 is 1.75 bits per heavy atom. The Bertz CT molecular complexity index is 1010. The zero-order valence-electron chi connectivity index (χ0n) is 14.6. The molecule has 0 bridgehead atoms. The third-order valence-electron chi connectivity index (χ3n) is 4.32. The predicted octanol–water partition coefficient (Wildman–Crippen LogP) is 4.33. The van der Waals surface area contributed by atoms with Crippen LogP contribution in [0.4, 0.5) is 23.2 Å². The van der Waals surface area contributed by atoms with E-state index in [1.54, 1.807) is 11.6 Å². The van der Waals surface area contributed by atoms with E-state index in [9.17, 15) is 27.7 Å². The zero-order valence-corrected chi connectivity index (χ0v) is 14.6. The molecule has 0 saturated heterocycles. The highest BCUT2D eigenvalue weighted by molar-refractivity contribution is 5.57. The van der Waals surface area contributed by atoms with Crippen molar-refractivity contribution in [3.05, 3.63) is 75.3 Å². The summed E-state index contributed by atoms with van der Waals surface area (Å²) in [6.45, 7) is 0. The summed E-state index contributed by atoms with van der Waals surface area (Å²) >= 11 is 0. The number of hydrogen-bond acceptors (Lipinski definition) is 4. The molecular formula is C18H14F4N4O2. The molecular weight excluding hydrogens is 380 g/mol. The third kappa shape index (κ3) is 3.85. The van der Waals surface area contributed by atoms with Crippen LogP contribution in [0.5, 0.6) is 0 Å². The zero-order chi connectivity index (χ0) is 20.5. The fourth-order valence-electron chi connectivity index (χ4n) is 2.88. The van der Waals surface area contributed by atoms with Crippen molar-refractivity contribution in [3.8, 4) is 11.4 Å². The topological polar surface area (TPSA) is 73.8 Å². The predicted molar refractivity (Wildman–Crippen MR) is 91.9 cm³/mol. The van der Waals surface area contributed by atoms with Crippen LogP contribution in [0.25, 0.3) is 11.4 Å². The van der Waals surface area contributed by atoms with Crippen molar-refractivity contribution in [1.29, 1.82) is 0 Å². The van der Waals surface area contributed by atoms with Crippen LogP contribution in [-0.2, 0) is 26.1 Å². The molecule has 0 atom stereocenters. The van der Waals surface area contributed by atoms with Gasteiger partial charge in [0.25, 0.3) is 5.69 Å². The van der Waals surface area contributed by atoms with Crippen molar-refractivity contribution < 1.29 is 22.5 Å². The summed E-state index contributed by atoms with van der Waals surface area (Å²) in [7, 11) is 1.62. The van der Waals surface area contributed by atoms with Crippen molar-refractivity contribution in [2.45, 2.75) is 19.0 Å². The van der Waals surface area contributed by atoms with Gasteiger partial charge in [0.2, 0.25) is 0 Å². The van der Waals surface area contributed by atoms with E-state index in [-0.39, 0.29) is 18.5 Å². The van der Waals surface area contributed by atoms with E-state index >= 15 is 0 Å². The lowest BCUT2D eigenvalue weighted by Gasteiger charge is -2.13. The molecule has 0 N–H and O–H groups in total. The molecule has 0 fully saturated rings. The molecule has 0 aliphatic rings. The molecule has 0 radical (unpaired) electrons. The van der Waals surface area contributed by atoms with Gasteiger partial charge in [-0.25, -0.2) is 4.39 Å². The molecule has 0 unspecified atom stereocenters. The largest absolute Gasteiger partial charge is 0.416 e. The van der Waals surface area contributed by atoms with Crippen molar-refractivity contribution in [1.82, 2.24) is 14.8 Å². The van der Waals surface area contributed by atoms with Gasteiger partial charge in [-0.3, -0.25) is 10.1 Å². The van der Waals surface area contributed by atoms with Gasteiger partial charge in [-0.2, -0.15) is 13.2 Å². The molecule has 2 aromatic carbocycles. The van der Waals surface area contributed by atoms with Gasteiger partial charge in [0.1, 0.15) is 11.6 Å². The first kappa shape index (κ1) is 19.5. The summed E-state index contributed by atoms with van der Waals surface area (Å²) in [5.41, 5.74) is -0.945. The Morgan fingerprint density at radius 1 is 1.07 bits per heavy atom. The van der Waals surface area contributed by atoms with Crippen molar-refractivity contribution in [3.63, 3.8) is 0 Å². The van der Waals surface area contributed by atoms with E-state index in [4.69, 9.17) is 0 Å². The SMILES string of the molecule is Cn1c(CCc2c(F)cccc2C(F)(F)F)nnc1-c1ccc([N+](=O)[O-])cc1. The third-order valence-corrected chi connectivity index (χ3v) is 4.32. The summed E-state index contributed by atoms with van der Waals surface area (Å²) in [5, 5.41) is 18.7. The lowest BCUT2D eigenvalue weighted by Crippen LogP contribution is -2.12. The molecule has 3 rings (SSSR count). The number of nitro benzene ring substituents is 1. The lowest BCUT2D eigenvalue weighted by atomic mass is 10.0. The van der Waals surface area contributed by atoms with E-state index in [1.807, 2.05) is 0 Å². The van der Waals surface area contributed by atoms with Crippen LogP contribution in [0, 0.1) is 15.9 Å². The number of non-ortho nitro benzene ring substituents is 1. The van der Waals surface area contributed by atoms with Crippen molar-refractivity contribution in [2.75, 3.05) is 0 Å². The van der Waals surface area contributed by atoms with E-state index in [2.05, 4.69) is 10.2 Å². The van der Waals surface area contributed by atoms with Crippen LogP contribution in [0.3, 0.4) is 0 Å². The van der Waals surface area contributed by atoms with Gasteiger partial charge >= 0.3 is 6.18 Å². The minimum absolute atomic E-state index is 0.0422.